The molecule has 1 aromatic rings. The molecule has 1 aromatic carbocycles. The largest absolute Gasteiger partial charge is 0.465 e. The zero-order chi connectivity index (χ0) is 14.3. The van der Waals surface area contributed by atoms with E-state index in [9.17, 15) is 13.2 Å². The first kappa shape index (κ1) is 13.8. The number of nitrogens with one attached hydrogen (secondary N) is 1. The normalized spacial score (nSPS) is 16.9. The first-order valence-corrected chi connectivity index (χ1v) is 7.28. The van der Waals surface area contributed by atoms with Gasteiger partial charge < -0.3 is 10.5 Å². The highest BCUT2D eigenvalue weighted by Crippen LogP contribution is 2.36. The fraction of sp³-hybridized carbons (Fsp3) is 0.417. The van der Waals surface area contributed by atoms with Crippen molar-refractivity contribution in [1.29, 1.82) is 0 Å². The van der Waals surface area contributed by atoms with Gasteiger partial charge in [0.15, 0.2) is 0 Å². The number of sulfonamides is 1. The Kier molecular flexibility index (Phi) is 3.27. The molecule has 6 nitrogen and oxygen atoms in total. The van der Waals surface area contributed by atoms with Gasteiger partial charge in [0, 0.05) is 11.2 Å². The Labute approximate surface area is 112 Å². The molecule has 0 heterocycles. The van der Waals surface area contributed by atoms with Gasteiger partial charge in [-0.1, -0.05) is 0 Å². The zero-order valence-electron chi connectivity index (χ0n) is 10.8. The van der Waals surface area contributed by atoms with Gasteiger partial charge in [-0.2, -0.15) is 0 Å². The fourth-order valence-corrected chi connectivity index (χ4v) is 3.36. The van der Waals surface area contributed by atoms with Gasteiger partial charge in [-0.3, -0.25) is 0 Å². The lowest BCUT2D eigenvalue weighted by molar-refractivity contribution is 0.0596. The van der Waals surface area contributed by atoms with Gasteiger partial charge in [-0.05, 0) is 38.0 Å². The Hall–Kier alpha value is -1.60. The second-order valence-corrected chi connectivity index (χ2v) is 6.56. The van der Waals surface area contributed by atoms with E-state index in [4.69, 9.17) is 5.73 Å². The monoisotopic (exact) mass is 284 g/mol. The third kappa shape index (κ3) is 2.87. The maximum Gasteiger partial charge on any atom is 0.339 e. The predicted molar refractivity (Wildman–Crippen MR) is 70.2 cm³/mol. The van der Waals surface area contributed by atoms with Crippen molar-refractivity contribution in [2.45, 2.75) is 30.2 Å². The number of ether oxygens (including phenoxy) is 1. The molecule has 1 saturated carbocycles. The summed E-state index contributed by atoms with van der Waals surface area (Å²) in [4.78, 5) is 11.5. The third-order valence-electron chi connectivity index (χ3n) is 3.08. The minimum atomic E-state index is -3.76. The second-order valence-electron chi connectivity index (χ2n) is 4.91. The van der Waals surface area contributed by atoms with Crippen molar-refractivity contribution in [3.05, 3.63) is 23.8 Å². The van der Waals surface area contributed by atoms with Crippen LogP contribution >= 0.6 is 0 Å². The number of methoxy groups -OCH3 is 1. The SMILES string of the molecule is COC(=O)c1cc(N)ccc1S(=O)(=O)NC1(C)CC1. The minimum absolute atomic E-state index is 0.0562. The summed E-state index contributed by atoms with van der Waals surface area (Å²) in [6.07, 6.45) is 1.57. The van der Waals surface area contributed by atoms with E-state index >= 15 is 0 Å². The van der Waals surface area contributed by atoms with E-state index in [1.807, 2.05) is 6.92 Å². The first-order valence-electron chi connectivity index (χ1n) is 5.79. The average Bonchev–Trinajstić information content (AvgIpc) is 3.04. The van der Waals surface area contributed by atoms with Gasteiger partial charge in [0.25, 0.3) is 0 Å². The van der Waals surface area contributed by atoms with E-state index in [0.717, 1.165) is 12.8 Å². The molecule has 7 heteroatoms. The molecule has 0 radical (unpaired) electrons. The van der Waals surface area contributed by atoms with E-state index in [1.54, 1.807) is 0 Å². The third-order valence-corrected chi connectivity index (χ3v) is 4.78. The summed E-state index contributed by atoms with van der Waals surface area (Å²) in [6, 6.07) is 4.06. The molecule has 0 saturated heterocycles. The van der Waals surface area contributed by atoms with E-state index in [1.165, 1.54) is 25.3 Å². The summed E-state index contributed by atoms with van der Waals surface area (Å²) in [5.74, 6) is -0.728. The Morgan fingerprint density at radius 2 is 2.05 bits per heavy atom. The number of anilines is 1. The van der Waals surface area contributed by atoms with E-state index in [2.05, 4.69) is 9.46 Å². The maximum absolute atomic E-state index is 12.3. The van der Waals surface area contributed by atoms with Crippen LogP contribution in [-0.2, 0) is 14.8 Å². The molecular weight excluding hydrogens is 268 g/mol. The van der Waals surface area contributed by atoms with Crippen LogP contribution in [-0.4, -0.2) is 27.0 Å². The lowest BCUT2D eigenvalue weighted by Crippen LogP contribution is -2.35. The Morgan fingerprint density at radius 1 is 1.42 bits per heavy atom. The van der Waals surface area contributed by atoms with Crippen LogP contribution in [0.15, 0.2) is 23.1 Å². The number of nitrogens with two attached hydrogens (primary N) is 1. The van der Waals surface area contributed by atoms with Crippen LogP contribution in [0.2, 0.25) is 0 Å². The summed E-state index contributed by atoms with van der Waals surface area (Å²) in [7, 11) is -2.57. The Balaban J connectivity index is 2.46. The minimum Gasteiger partial charge on any atom is -0.465 e. The van der Waals surface area contributed by atoms with Crippen molar-refractivity contribution in [2.75, 3.05) is 12.8 Å². The number of carbonyl (C=O) groups excluding carboxylic acids is 1. The number of hydrogen-bond donors (Lipinski definition) is 2. The molecular formula is C12H16N2O4S. The van der Waals surface area contributed by atoms with Crippen LogP contribution in [0.4, 0.5) is 5.69 Å². The van der Waals surface area contributed by atoms with Gasteiger partial charge in [0.2, 0.25) is 10.0 Å². The van der Waals surface area contributed by atoms with Crippen molar-refractivity contribution in [3.8, 4) is 0 Å². The molecule has 0 unspecified atom stereocenters. The highest BCUT2D eigenvalue weighted by atomic mass is 32.2. The highest BCUT2D eigenvalue weighted by Gasteiger charge is 2.42. The molecule has 0 atom stereocenters. The number of nitrogen functional groups attached to an aromatic ring is 1. The molecule has 1 aliphatic carbocycles. The summed E-state index contributed by atoms with van der Waals surface area (Å²) >= 11 is 0. The number of esters is 1. The molecule has 3 N–H and O–H groups in total. The van der Waals surface area contributed by atoms with Gasteiger partial charge in [0.1, 0.15) is 0 Å². The molecule has 2 rings (SSSR count). The van der Waals surface area contributed by atoms with E-state index < -0.39 is 21.5 Å². The van der Waals surface area contributed by atoms with E-state index in [0.29, 0.717) is 5.69 Å². The molecule has 1 fully saturated rings. The molecule has 0 spiro atoms. The molecule has 19 heavy (non-hydrogen) atoms. The Morgan fingerprint density at radius 3 is 2.58 bits per heavy atom. The maximum atomic E-state index is 12.3. The highest BCUT2D eigenvalue weighted by molar-refractivity contribution is 7.89. The van der Waals surface area contributed by atoms with Gasteiger partial charge in [-0.15, -0.1) is 0 Å². The summed E-state index contributed by atoms with van der Waals surface area (Å²) in [5, 5.41) is 0. The first-order chi connectivity index (χ1) is 8.77. The molecule has 0 aliphatic heterocycles. The van der Waals surface area contributed by atoms with Crippen LogP contribution in [0.3, 0.4) is 0 Å². The van der Waals surface area contributed by atoms with Crippen molar-refractivity contribution in [2.24, 2.45) is 0 Å². The lowest BCUT2D eigenvalue weighted by atomic mass is 10.2. The van der Waals surface area contributed by atoms with Crippen molar-refractivity contribution >= 4 is 21.7 Å². The average molecular weight is 284 g/mol. The molecule has 0 aromatic heterocycles. The molecule has 0 bridgehead atoms. The van der Waals surface area contributed by atoms with Crippen molar-refractivity contribution in [1.82, 2.24) is 4.72 Å². The molecule has 104 valence electrons. The number of benzene rings is 1. The van der Waals surface area contributed by atoms with Crippen LogP contribution in [0.25, 0.3) is 0 Å². The number of hydrogen-bond acceptors (Lipinski definition) is 5. The summed E-state index contributed by atoms with van der Waals surface area (Å²) in [5.41, 5.74) is 5.42. The van der Waals surface area contributed by atoms with Crippen LogP contribution in [0.1, 0.15) is 30.1 Å². The smallest absolute Gasteiger partial charge is 0.339 e. The summed E-state index contributed by atoms with van der Waals surface area (Å²) < 4.78 is 31.7. The van der Waals surface area contributed by atoms with Crippen LogP contribution in [0.5, 0.6) is 0 Å². The summed E-state index contributed by atoms with van der Waals surface area (Å²) in [6.45, 7) is 1.82. The van der Waals surface area contributed by atoms with E-state index in [-0.39, 0.29) is 10.5 Å². The van der Waals surface area contributed by atoms with Crippen molar-refractivity contribution in [3.63, 3.8) is 0 Å². The second kappa shape index (κ2) is 4.50. The molecule has 1 aliphatic rings. The number of rotatable bonds is 4. The zero-order valence-corrected chi connectivity index (χ0v) is 11.6. The van der Waals surface area contributed by atoms with Crippen molar-refractivity contribution < 1.29 is 17.9 Å². The quantitative estimate of drug-likeness (QED) is 0.632. The van der Waals surface area contributed by atoms with Gasteiger partial charge in [0.05, 0.1) is 17.6 Å². The van der Waals surface area contributed by atoms with Gasteiger partial charge in [-0.25, -0.2) is 17.9 Å². The standard InChI is InChI=1S/C12H16N2O4S/c1-12(5-6-12)14-19(16,17)10-4-3-8(13)7-9(10)11(15)18-2/h3-4,7,14H,5-6,13H2,1-2H3. The fourth-order valence-electron chi connectivity index (χ4n) is 1.72. The molecule has 0 amide bonds. The lowest BCUT2D eigenvalue weighted by Gasteiger charge is -2.14. The van der Waals surface area contributed by atoms with Crippen LogP contribution in [0, 0.1) is 0 Å². The Bertz CT molecular complexity index is 621. The van der Waals surface area contributed by atoms with Gasteiger partial charge >= 0.3 is 5.97 Å². The predicted octanol–water partition coefficient (Wildman–Crippen LogP) is 0.886. The topological polar surface area (TPSA) is 98.5 Å². The number of carbonyl (C=O) groups is 1. The van der Waals surface area contributed by atoms with Crippen LogP contribution < -0.4 is 10.5 Å².